The van der Waals surface area contributed by atoms with Gasteiger partial charge in [-0.05, 0) is 41.1 Å². The average Bonchev–Trinajstić information content (AvgIpc) is 3.34. The minimum atomic E-state index is -2.27. The van der Waals surface area contributed by atoms with Crippen molar-refractivity contribution in [3.63, 3.8) is 0 Å². The maximum absolute atomic E-state index is 13.1. The number of hydrogen-bond donors (Lipinski definition) is 1. The third-order valence-corrected chi connectivity index (χ3v) is 14.3. The Kier molecular flexibility index (Phi) is 24.9. The molecule has 1 N–H and O–H groups in total. The summed E-state index contributed by atoms with van der Waals surface area (Å²) in [7, 11) is -3.88. The summed E-state index contributed by atoms with van der Waals surface area (Å²) in [5, 5.41) is 12.8. The lowest BCUT2D eigenvalue weighted by Gasteiger charge is -2.48. The summed E-state index contributed by atoms with van der Waals surface area (Å²) in [4.78, 5) is 25.9. The van der Waals surface area contributed by atoms with Crippen molar-refractivity contribution in [2.24, 2.45) is 0 Å². The number of carbonyl (C=O) groups excluding carboxylic acids is 2. The molecule has 4 aromatic carbocycles. The van der Waals surface area contributed by atoms with Gasteiger partial charge in [0, 0.05) is 20.9 Å². The Hall–Kier alpha value is -3.85. The number of aliphatic hydroxyl groups is 1. The number of aliphatic hydroxyl groups excluding tert-OH is 1. The third-order valence-electron chi connectivity index (χ3n) is 11.4. The molecule has 0 heterocycles. The highest BCUT2D eigenvalue weighted by atomic mass is 31.2. The largest absolute Gasteiger partial charge is 0.462 e. The fourth-order valence-corrected chi connectivity index (χ4v) is 9.57. The van der Waals surface area contributed by atoms with Crippen molar-refractivity contribution in [2.75, 3.05) is 19.8 Å². The minimum Gasteiger partial charge on any atom is -0.462 e. The summed E-state index contributed by atoms with van der Waals surface area (Å²) in [6.45, 7) is 11.6. The normalized spacial score (nSPS) is 20.4. The quantitative estimate of drug-likeness (QED) is 0.0216. The van der Waals surface area contributed by atoms with E-state index < -0.39 is 65.4 Å². The number of rotatable bonds is 32. The second-order valence-corrected chi connectivity index (χ2v) is 25.3. The monoisotopic (exact) mass is 974 g/mol. The van der Waals surface area contributed by atoms with Crippen LogP contribution in [0.1, 0.15) is 87.5 Å². The second-order valence-electron chi connectivity index (χ2n) is 18.5. The molecule has 1 fully saturated rings. The van der Waals surface area contributed by atoms with E-state index >= 15 is 0 Å². The highest BCUT2D eigenvalue weighted by molar-refractivity contribution is 7.41. The van der Waals surface area contributed by atoms with Crippen LogP contribution in [0, 0.1) is 0 Å². The van der Waals surface area contributed by atoms with Crippen LogP contribution in [0.15, 0.2) is 121 Å². The first-order valence-electron chi connectivity index (χ1n) is 24.4. The van der Waals surface area contributed by atoms with Gasteiger partial charge < -0.3 is 47.1 Å². The summed E-state index contributed by atoms with van der Waals surface area (Å²) in [6.07, 6.45) is -1.46. The van der Waals surface area contributed by atoms with Gasteiger partial charge in [0.2, 0.25) is 0 Å². The van der Waals surface area contributed by atoms with Crippen LogP contribution in [0.4, 0.5) is 0 Å². The molecule has 0 radical (unpaired) electrons. The fourth-order valence-electron chi connectivity index (χ4n) is 7.51. The van der Waals surface area contributed by atoms with Crippen molar-refractivity contribution >= 4 is 28.6 Å². The zero-order valence-electron chi connectivity index (χ0n) is 40.8. The number of unbranched alkanes of at least 4 members (excludes halogenated alkanes) is 4. The van der Waals surface area contributed by atoms with Crippen LogP contribution in [0.2, 0.25) is 25.7 Å². The van der Waals surface area contributed by atoms with Gasteiger partial charge in [-0.25, -0.2) is 0 Å². The molecule has 8 atom stereocenters. The van der Waals surface area contributed by atoms with Crippen LogP contribution in [0.5, 0.6) is 0 Å². The predicted octanol–water partition coefficient (Wildman–Crippen LogP) is 11.3. The molecule has 1 saturated carbocycles. The molecule has 1 unspecified atom stereocenters. The maximum Gasteiger partial charge on any atom is 0.333 e. The van der Waals surface area contributed by atoms with E-state index in [0.29, 0.717) is 19.4 Å². The van der Waals surface area contributed by atoms with E-state index in [2.05, 4.69) is 33.5 Å². The molecule has 5 rings (SSSR count). The van der Waals surface area contributed by atoms with Gasteiger partial charge in [-0.15, -0.1) is 0 Å². The molecule has 0 saturated heterocycles. The zero-order valence-corrected chi connectivity index (χ0v) is 42.7. The fraction of sp³-hybridized carbons (Fsp3) is 0.519. The van der Waals surface area contributed by atoms with Gasteiger partial charge in [0.15, 0.2) is 6.10 Å². The van der Waals surface area contributed by atoms with Gasteiger partial charge >= 0.3 is 20.5 Å². The van der Waals surface area contributed by atoms with E-state index in [0.717, 1.165) is 54.0 Å². The Morgan fingerprint density at radius 1 is 0.544 bits per heavy atom. The summed E-state index contributed by atoms with van der Waals surface area (Å²) >= 11 is 0. The zero-order chi connectivity index (χ0) is 48.4. The van der Waals surface area contributed by atoms with Gasteiger partial charge in [-0.1, -0.05) is 180 Å². The van der Waals surface area contributed by atoms with E-state index in [1.165, 1.54) is 0 Å². The molecule has 14 heteroatoms. The summed E-state index contributed by atoms with van der Waals surface area (Å²) in [6, 6.07) is 40.0. The first-order chi connectivity index (χ1) is 33.0. The van der Waals surface area contributed by atoms with Crippen molar-refractivity contribution in [3.8, 4) is 0 Å². The van der Waals surface area contributed by atoms with Gasteiger partial charge in [0.1, 0.15) is 43.2 Å². The van der Waals surface area contributed by atoms with Crippen LogP contribution in [-0.4, -0.2) is 87.7 Å². The van der Waals surface area contributed by atoms with Crippen molar-refractivity contribution in [1.82, 2.24) is 0 Å². The van der Waals surface area contributed by atoms with E-state index in [1.807, 2.05) is 121 Å². The number of ether oxygens (including phenoxy) is 6. The predicted molar refractivity (Wildman–Crippen MR) is 267 cm³/mol. The average molecular weight is 975 g/mol. The number of esters is 2. The van der Waals surface area contributed by atoms with Gasteiger partial charge in [0.05, 0.1) is 39.6 Å². The first kappa shape index (κ1) is 55.1. The SMILES string of the molecule is CCCCCC(=O)OC[C@H](COP(OCC[Si](C)(C)C)O[C@@H]1[C@@H](O)[C@H](OCc2ccccc2)[C@@H](OCc2ccccc2)[C@H](OCc2ccccc2)[C@H]1OCc1ccccc1)OC(=O)CCCCC. The number of carbonyl (C=O) groups is 2. The number of benzene rings is 4. The highest BCUT2D eigenvalue weighted by Crippen LogP contribution is 2.46. The molecular formula is C54H75O12PSi. The van der Waals surface area contributed by atoms with Crippen LogP contribution in [-0.2, 0) is 78.0 Å². The van der Waals surface area contributed by atoms with Crippen molar-refractivity contribution in [2.45, 2.75) is 160 Å². The second kappa shape index (κ2) is 30.7. The molecular weight excluding hydrogens is 900 g/mol. The molecule has 0 aromatic heterocycles. The van der Waals surface area contributed by atoms with Gasteiger partial charge in [-0.2, -0.15) is 0 Å². The van der Waals surface area contributed by atoms with Crippen LogP contribution in [0.3, 0.4) is 0 Å². The lowest BCUT2D eigenvalue weighted by atomic mass is 9.84. The Morgan fingerprint density at radius 3 is 1.40 bits per heavy atom. The first-order valence-corrected chi connectivity index (χ1v) is 29.2. The van der Waals surface area contributed by atoms with Crippen LogP contribution < -0.4 is 0 Å². The van der Waals surface area contributed by atoms with Crippen LogP contribution >= 0.6 is 8.60 Å². The minimum absolute atomic E-state index is 0.166. The number of hydrogen-bond acceptors (Lipinski definition) is 12. The Balaban J connectivity index is 1.51. The van der Waals surface area contributed by atoms with E-state index in [-0.39, 0.29) is 58.5 Å². The Morgan fingerprint density at radius 2 is 0.956 bits per heavy atom. The molecule has 0 spiro atoms. The molecule has 4 aromatic rings. The third kappa shape index (κ3) is 20.2. The van der Waals surface area contributed by atoms with E-state index in [4.69, 9.17) is 42.0 Å². The Labute approximate surface area is 407 Å². The molecule has 372 valence electrons. The molecule has 1 aliphatic rings. The van der Waals surface area contributed by atoms with Crippen molar-refractivity contribution in [1.29, 1.82) is 0 Å². The maximum atomic E-state index is 13.1. The van der Waals surface area contributed by atoms with Gasteiger partial charge in [-0.3, -0.25) is 9.59 Å². The lowest BCUT2D eigenvalue weighted by molar-refractivity contribution is -0.270. The highest BCUT2D eigenvalue weighted by Gasteiger charge is 2.55. The van der Waals surface area contributed by atoms with Crippen molar-refractivity contribution < 1.29 is 56.7 Å². The Bertz CT molecular complexity index is 1960. The van der Waals surface area contributed by atoms with E-state index in [9.17, 15) is 14.7 Å². The van der Waals surface area contributed by atoms with Gasteiger partial charge in [0.25, 0.3) is 0 Å². The van der Waals surface area contributed by atoms with Crippen LogP contribution in [0.25, 0.3) is 0 Å². The molecule has 0 aliphatic heterocycles. The molecule has 68 heavy (non-hydrogen) atoms. The molecule has 0 bridgehead atoms. The summed E-state index contributed by atoms with van der Waals surface area (Å²) in [5.41, 5.74) is 3.68. The standard InChI is InChI=1S/C54H75O12PSi/c1-6-8-14-32-47(55)58-40-46(65-48(56)33-15-9-7-2)41-64-67(63-34-35-68(3,4)5)66-51-49(57)50(59-36-42-24-16-10-17-25-42)52(60-37-43-26-18-11-19-27-43)54(62-39-45-30-22-13-23-31-45)53(51)61-38-44-28-20-12-21-29-44/h10-13,16-31,46,49-54,57H,6-9,14-15,32-41H2,1-5H3/t46-,49+,50+,51-,52-,53+,54+,67?/m1/s1. The molecule has 12 nitrogen and oxygen atoms in total. The summed E-state index contributed by atoms with van der Waals surface area (Å²) < 4.78 is 58.8. The van der Waals surface area contributed by atoms with Crippen molar-refractivity contribution in [3.05, 3.63) is 144 Å². The summed E-state index contributed by atoms with van der Waals surface area (Å²) in [5.74, 6) is -0.777. The smallest absolute Gasteiger partial charge is 0.333 e. The molecule has 1 aliphatic carbocycles. The lowest BCUT2D eigenvalue weighted by Crippen LogP contribution is -2.66. The van der Waals surface area contributed by atoms with E-state index in [1.54, 1.807) is 0 Å². The topological polar surface area (TPSA) is 137 Å². The molecule has 0 amide bonds.